The molecule has 0 aliphatic heterocycles. The number of nitrogens with zero attached hydrogens (tertiary/aromatic N) is 1. The van der Waals surface area contributed by atoms with Gasteiger partial charge in [-0.25, -0.2) is 0 Å². The van der Waals surface area contributed by atoms with Gasteiger partial charge in [-0.05, 0) is 57.7 Å². The van der Waals surface area contributed by atoms with Crippen molar-refractivity contribution in [2.75, 3.05) is 18.0 Å². The number of aromatic nitrogens is 1. The van der Waals surface area contributed by atoms with Crippen LogP contribution in [-0.4, -0.2) is 18.1 Å². The first kappa shape index (κ1) is 14.2. The highest BCUT2D eigenvalue weighted by Gasteiger charge is 2.15. The van der Waals surface area contributed by atoms with E-state index >= 15 is 0 Å². The van der Waals surface area contributed by atoms with E-state index in [0.717, 1.165) is 54.5 Å². The minimum absolute atomic E-state index is 0.245. The van der Waals surface area contributed by atoms with Gasteiger partial charge in [0.05, 0.1) is 0 Å². The van der Waals surface area contributed by atoms with Gasteiger partial charge in [-0.1, -0.05) is 6.42 Å². The van der Waals surface area contributed by atoms with E-state index in [1.165, 1.54) is 18.5 Å². The van der Waals surface area contributed by atoms with E-state index in [1.807, 2.05) is 0 Å². The number of hydrogen-bond donors (Lipinski definition) is 1. The molecule has 1 aromatic heterocycles. The van der Waals surface area contributed by atoms with Gasteiger partial charge in [0, 0.05) is 40.9 Å². The molecule has 0 fully saturated rings. The van der Waals surface area contributed by atoms with Crippen LogP contribution in [0.1, 0.15) is 44.4 Å². The van der Waals surface area contributed by atoms with Gasteiger partial charge >= 0.3 is 0 Å². The first-order chi connectivity index (χ1) is 10.2. The van der Waals surface area contributed by atoms with Crippen LogP contribution < -0.4 is 10.3 Å². The van der Waals surface area contributed by atoms with Gasteiger partial charge in [-0.2, -0.15) is 0 Å². The Labute approximate surface area is 126 Å². The van der Waals surface area contributed by atoms with Crippen molar-refractivity contribution in [3.05, 3.63) is 39.7 Å². The first-order valence-corrected chi connectivity index (χ1v) is 8.17. The molecule has 3 rings (SSSR count). The molecular weight excluding hydrogens is 260 g/mol. The maximum atomic E-state index is 12.8. The zero-order valence-electron chi connectivity index (χ0n) is 13.0. The number of anilines is 1. The number of benzene rings is 1. The third-order valence-electron chi connectivity index (χ3n) is 4.65. The van der Waals surface area contributed by atoms with Crippen LogP contribution in [0.3, 0.4) is 0 Å². The molecule has 112 valence electrons. The molecule has 1 aromatic carbocycles. The van der Waals surface area contributed by atoms with Crippen LogP contribution in [0.25, 0.3) is 10.9 Å². The summed E-state index contributed by atoms with van der Waals surface area (Å²) in [5, 5.41) is 0.847. The molecule has 1 aliphatic rings. The van der Waals surface area contributed by atoms with Gasteiger partial charge in [0.25, 0.3) is 0 Å². The maximum absolute atomic E-state index is 12.8. The second-order valence-corrected chi connectivity index (χ2v) is 5.87. The van der Waals surface area contributed by atoms with Gasteiger partial charge in [0.1, 0.15) is 0 Å². The molecule has 21 heavy (non-hydrogen) atoms. The number of nitrogens with one attached hydrogen (secondary N) is 1. The zero-order valence-corrected chi connectivity index (χ0v) is 13.0. The Bertz CT molecular complexity index is 698. The molecule has 0 bridgehead atoms. The van der Waals surface area contributed by atoms with Crippen molar-refractivity contribution >= 4 is 16.6 Å². The van der Waals surface area contributed by atoms with E-state index in [0.29, 0.717) is 0 Å². The van der Waals surface area contributed by atoms with E-state index in [1.54, 1.807) is 0 Å². The number of aromatic amines is 1. The van der Waals surface area contributed by atoms with Crippen LogP contribution in [0.5, 0.6) is 0 Å². The summed E-state index contributed by atoms with van der Waals surface area (Å²) in [4.78, 5) is 18.6. The minimum Gasteiger partial charge on any atom is -0.372 e. The van der Waals surface area contributed by atoms with E-state index in [4.69, 9.17) is 0 Å². The third-order valence-corrected chi connectivity index (χ3v) is 4.65. The van der Waals surface area contributed by atoms with Crippen molar-refractivity contribution < 1.29 is 0 Å². The molecule has 1 aliphatic carbocycles. The van der Waals surface area contributed by atoms with E-state index in [2.05, 4.69) is 41.9 Å². The smallest absolute Gasteiger partial charge is 0.192 e. The highest BCUT2D eigenvalue weighted by atomic mass is 16.1. The number of fused-ring (bicyclic) bond motifs is 2. The molecule has 0 radical (unpaired) electrons. The molecule has 3 heteroatoms. The fourth-order valence-electron chi connectivity index (χ4n) is 3.41. The van der Waals surface area contributed by atoms with Gasteiger partial charge in [-0.3, -0.25) is 4.79 Å². The third kappa shape index (κ3) is 2.57. The van der Waals surface area contributed by atoms with Gasteiger partial charge in [-0.15, -0.1) is 0 Å². The molecule has 0 amide bonds. The Balaban J connectivity index is 2.17. The van der Waals surface area contributed by atoms with Gasteiger partial charge in [0.15, 0.2) is 5.43 Å². The molecule has 0 atom stereocenters. The van der Waals surface area contributed by atoms with E-state index in [9.17, 15) is 4.79 Å². The SMILES string of the molecule is CCN(CC)c1ccc2[nH]c3c(c(=O)c2c1)CCCCC3. The molecule has 2 aromatic rings. The fraction of sp³-hybridized carbons (Fsp3) is 0.500. The monoisotopic (exact) mass is 284 g/mol. The second kappa shape index (κ2) is 5.92. The molecular formula is C18H24N2O. The number of hydrogen-bond acceptors (Lipinski definition) is 2. The van der Waals surface area contributed by atoms with E-state index in [-0.39, 0.29) is 5.43 Å². The number of H-pyrrole nitrogens is 1. The molecule has 0 saturated heterocycles. The standard InChI is InChI=1S/C18H24N2O/c1-3-20(4-2)13-10-11-17-15(12-13)18(21)14-8-6-5-7-9-16(14)19-17/h10-12H,3-9H2,1-2H3,(H,19,21). The molecule has 0 unspecified atom stereocenters. The van der Waals surface area contributed by atoms with E-state index < -0.39 is 0 Å². The largest absolute Gasteiger partial charge is 0.372 e. The van der Waals surface area contributed by atoms with Crippen molar-refractivity contribution in [3.63, 3.8) is 0 Å². The minimum atomic E-state index is 0.245. The summed E-state index contributed by atoms with van der Waals surface area (Å²) in [5.74, 6) is 0. The fourth-order valence-corrected chi connectivity index (χ4v) is 3.41. The Morgan fingerprint density at radius 1 is 1.10 bits per heavy atom. The molecule has 0 spiro atoms. The van der Waals surface area contributed by atoms with Crippen LogP contribution in [-0.2, 0) is 12.8 Å². The lowest BCUT2D eigenvalue weighted by molar-refractivity contribution is 0.708. The summed E-state index contributed by atoms with van der Waals surface area (Å²) in [6, 6.07) is 6.25. The topological polar surface area (TPSA) is 36.1 Å². The average molecular weight is 284 g/mol. The lowest BCUT2D eigenvalue weighted by Crippen LogP contribution is -2.22. The molecule has 1 heterocycles. The predicted molar refractivity (Wildman–Crippen MR) is 89.4 cm³/mol. The first-order valence-electron chi connectivity index (χ1n) is 8.17. The number of rotatable bonds is 3. The Morgan fingerprint density at radius 3 is 2.62 bits per heavy atom. The van der Waals surface area contributed by atoms with Gasteiger partial charge < -0.3 is 9.88 Å². The second-order valence-electron chi connectivity index (χ2n) is 5.87. The number of pyridine rings is 1. The molecule has 0 saturated carbocycles. The Morgan fingerprint density at radius 2 is 1.86 bits per heavy atom. The van der Waals surface area contributed by atoms with Crippen molar-refractivity contribution in [2.45, 2.75) is 46.0 Å². The van der Waals surface area contributed by atoms with Crippen LogP contribution in [0.4, 0.5) is 5.69 Å². The van der Waals surface area contributed by atoms with Crippen LogP contribution in [0.2, 0.25) is 0 Å². The summed E-state index contributed by atoms with van der Waals surface area (Å²) < 4.78 is 0. The molecule has 1 N–H and O–H groups in total. The molecule has 3 nitrogen and oxygen atoms in total. The predicted octanol–water partition coefficient (Wildman–Crippen LogP) is 3.64. The lowest BCUT2D eigenvalue weighted by Gasteiger charge is -2.21. The average Bonchev–Trinajstić information content (AvgIpc) is 2.75. The Hall–Kier alpha value is -1.77. The summed E-state index contributed by atoms with van der Waals surface area (Å²) in [7, 11) is 0. The maximum Gasteiger partial charge on any atom is 0.192 e. The van der Waals surface area contributed by atoms with Crippen molar-refractivity contribution in [3.8, 4) is 0 Å². The van der Waals surface area contributed by atoms with Crippen LogP contribution >= 0.6 is 0 Å². The normalized spacial score (nSPS) is 14.8. The highest BCUT2D eigenvalue weighted by molar-refractivity contribution is 5.83. The summed E-state index contributed by atoms with van der Waals surface area (Å²) >= 11 is 0. The summed E-state index contributed by atoms with van der Waals surface area (Å²) in [6.45, 7) is 6.22. The summed E-state index contributed by atoms with van der Waals surface area (Å²) in [5.41, 5.74) is 4.56. The Kier molecular flexibility index (Phi) is 4.00. The number of aryl methyl sites for hydroxylation is 1. The van der Waals surface area contributed by atoms with Gasteiger partial charge in [0.2, 0.25) is 0 Å². The zero-order chi connectivity index (χ0) is 14.8. The van der Waals surface area contributed by atoms with Crippen molar-refractivity contribution in [1.29, 1.82) is 0 Å². The van der Waals surface area contributed by atoms with Crippen LogP contribution in [0.15, 0.2) is 23.0 Å². The van der Waals surface area contributed by atoms with Crippen LogP contribution in [0, 0.1) is 0 Å². The van der Waals surface area contributed by atoms with Crippen molar-refractivity contribution in [2.24, 2.45) is 0 Å². The highest BCUT2D eigenvalue weighted by Crippen LogP contribution is 2.23. The quantitative estimate of drug-likeness (QED) is 0.873. The van der Waals surface area contributed by atoms with Crippen molar-refractivity contribution in [1.82, 2.24) is 4.98 Å². The summed E-state index contributed by atoms with van der Waals surface area (Å²) in [6.07, 6.45) is 5.49. The lowest BCUT2D eigenvalue weighted by atomic mass is 10.0.